The van der Waals surface area contributed by atoms with Gasteiger partial charge in [0, 0.05) is 32.7 Å². The zero-order valence-corrected chi connectivity index (χ0v) is 13.9. The number of rotatable bonds is 10. The summed E-state index contributed by atoms with van der Waals surface area (Å²) >= 11 is 5.94. The predicted molar refractivity (Wildman–Crippen MR) is 89.6 cm³/mol. The topological polar surface area (TPSA) is 67.4 Å². The molecule has 1 fully saturated rings. The molecule has 2 N–H and O–H groups in total. The van der Waals surface area contributed by atoms with E-state index in [1.54, 1.807) is 24.3 Å². The minimum atomic E-state index is -0.267. The number of amides is 2. The molecule has 0 bridgehead atoms. The fourth-order valence-electron chi connectivity index (χ4n) is 2.06. The molecular formula is C17H23ClN2O3. The summed E-state index contributed by atoms with van der Waals surface area (Å²) in [5.74, 6) is 0.426. The van der Waals surface area contributed by atoms with Crippen LogP contribution in [-0.2, 0) is 9.53 Å². The summed E-state index contributed by atoms with van der Waals surface area (Å²) < 4.78 is 5.49. The molecule has 2 amide bonds. The molecular weight excluding hydrogens is 316 g/mol. The van der Waals surface area contributed by atoms with E-state index in [9.17, 15) is 9.59 Å². The first-order chi connectivity index (χ1) is 11.2. The van der Waals surface area contributed by atoms with Crippen molar-refractivity contribution in [3.63, 3.8) is 0 Å². The maximum atomic E-state index is 11.9. The lowest BCUT2D eigenvalue weighted by Crippen LogP contribution is -2.31. The molecule has 1 saturated carbocycles. The molecule has 2 rings (SSSR count). The Labute approximate surface area is 141 Å². The number of halogens is 1. The smallest absolute Gasteiger partial charge is 0.252 e. The number of benzene rings is 1. The van der Waals surface area contributed by atoms with E-state index >= 15 is 0 Å². The van der Waals surface area contributed by atoms with Crippen molar-refractivity contribution in [3.8, 4) is 0 Å². The van der Waals surface area contributed by atoms with Crippen LogP contribution in [0.15, 0.2) is 24.3 Å². The van der Waals surface area contributed by atoms with Crippen LogP contribution >= 0.6 is 11.6 Å². The second-order valence-corrected chi connectivity index (χ2v) is 6.11. The summed E-state index contributed by atoms with van der Waals surface area (Å²) in [5, 5.41) is 5.91. The maximum absolute atomic E-state index is 11.9. The molecule has 0 atom stereocenters. The van der Waals surface area contributed by atoms with Gasteiger partial charge in [0.2, 0.25) is 5.91 Å². The van der Waals surface area contributed by atoms with Crippen molar-refractivity contribution < 1.29 is 14.3 Å². The lowest BCUT2D eigenvalue weighted by Gasteiger charge is -2.08. The first-order valence-corrected chi connectivity index (χ1v) is 8.42. The number of hydrogen-bond donors (Lipinski definition) is 2. The Hall–Kier alpha value is -1.59. The third-order valence-electron chi connectivity index (χ3n) is 3.59. The average molecular weight is 339 g/mol. The summed E-state index contributed by atoms with van der Waals surface area (Å²) in [6, 6.07) is 6.83. The van der Waals surface area contributed by atoms with Gasteiger partial charge in [-0.3, -0.25) is 9.59 Å². The summed E-state index contributed by atoms with van der Waals surface area (Å²) in [5.41, 5.74) is 0.419. The molecule has 1 aromatic carbocycles. The van der Waals surface area contributed by atoms with E-state index in [2.05, 4.69) is 10.6 Å². The highest BCUT2D eigenvalue weighted by Crippen LogP contribution is 2.28. The maximum Gasteiger partial charge on any atom is 0.252 e. The Kier molecular flexibility index (Phi) is 7.36. The standard InChI is InChI=1S/C17H23ClN2O3/c18-15-5-2-1-4-14(15)17(22)20-10-8-16(21)19-9-3-11-23-12-13-6-7-13/h1-2,4-5,13H,3,6-12H2,(H,19,21)(H,20,22). The molecule has 5 nitrogen and oxygen atoms in total. The van der Waals surface area contributed by atoms with Crippen LogP contribution in [0.3, 0.4) is 0 Å². The van der Waals surface area contributed by atoms with Gasteiger partial charge in [-0.05, 0) is 37.3 Å². The lowest BCUT2D eigenvalue weighted by atomic mass is 10.2. The van der Waals surface area contributed by atoms with Crippen LogP contribution in [0.2, 0.25) is 5.02 Å². The normalized spacial score (nSPS) is 13.6. The van der Waals surface area contributed by atoms with Gasteiger partial charge in [0.1, 0.15) is 0 Å². The van der Waals surface area contributed by atoms with Gasteiger partial charge >= 0.3 is 0 Å². The summed E-state index contributed by atoms with van der Waals surface area (Å²) in [7, 11) is 0. The Morgan fingerprint density at radius 1 is 1.17 bits per heavy atom. The first kappa shape index (κ1) is 17.8. The van der Waals surface area contributed by atoms with Gasteiger partial charge < -0.3 is 15.4 Å². The molecule has 1 aliphatic carbocycles. The number of nitrogens with one attached hydrogen (secondary N) is 2. The van der Waals surface area contributed by atoms with Crippen molar-refractivity contribution in [1.82, 2.24) is 10.6 Å². The Morgan fingerprint density at radius 2 is 1.96 bits per heavy atom. The zero-order valence-electron chi connectivity index (χ0n) is 13.1. The van der Waals surface area contributed by atoms with Crippen LogP contribution in [-0.4, -0.2) is 38.1 Å². The molecule has 0 radical (unpaired) electrons. The van der Waals surface area contributed by atoms with Crippen molar-refractivity contribution in [2.24, 2.45) is 5.92 Å². The van der Waals surface area contributed by atoms with Gasteiger partial charge in [-0.15, -0.1) is 0 Å². The average Bonchev–Trinajstić information content (AvgIpc) is 3.35. The van der Waals surface area contributed by atoms with E-state index in [0.29, 0.717) is 23.7 Å². The van der Waals surface area contributed by atoms with Gasteiger partial charge in [0.15, 0.2) is 0 Å². The van der Waals surface area contributed by atoms with Gasteiger partial charge in [0.25, 0.3) is 5.91 Å². The molecule has 0 spiro atoms. The SMILES string of the molecule is O=C(CCNC(=O)c1ccccc1Cl)NCCCOCC1CC1. The highest BCUT2D eigenvalue weighted by atomic mass is 35.5. The van der Waals surface area contributed by atoms with E-state index in [-0.39, 0.29) is 24.8 Å². The molecule has 0 aliphatic heterocycles. The van der Waals surface area contributed by atoms with Gasteiger partial charge in [-0.25, -0.2) is 0 Å². The monoisotopic (exact) mass is 338 g/mol. The zero-order chi connectivity index (χ0) is 16.5. The molecule has 0 unspecified atom stereocenters. The fourth-order valence-corrected chi connectivity index (χ4v) is 2.28. The van der Waals surface area contributed by atoms with E-state index in [4.69, 9.17) is 16.3 Å². The Balaban J connectivity index is 1.50. The number of ether oxygens (including phenoxy) is 1. The third kappa shape index (κ3) is 7.01. The van der Waals surface area contributed by atoms with Gasteiger partial charge in [0.05, 0.1) is 10.6 Å². The molecule has 1 aromatic rings. The fraction of sp³-hybridized carbons (Fsp3) is 0.529. The number of carbonyl (C=O) groups excluding carboxylic acids is 2. The molecule has 1 aliphatic rings. The number of hydrogen-bond acceptors (Lipinski definition) is 3. The molecule has 23 heavy (non-hydrogen) atoms. The highest BCUT2D eigenvalue weighted by molar-refractivity contribution is 6.33. The van der Waals surface area contributed by atoms with Crippen molar-refractivity contribution in [2.45, 2.75) is 25.7 Å². The third-order valence-corrected chi connectivity index (χ3v) is 3.92. The second kappa shape index (κ2) is 9.53. The molecule has 0 aromatic heterocycles. The Bertz CT molecular complexity index is 532. The first-order valence-electron chi connectivity index (χ1n) is 8.04. The summed E-state index contributed by atoms with van der Waals surface area (Å²) in [4.78, 5) is 23.5. The highest BCUT2D eigenvalue weighted by Gasteiger charge is 2.20. The predicted octanol–water partition coefficient (Wildman–Crippen LogP) is 2.39. The van der Waals surface area contributed by atoms with Gasteiger partial charge in [-0.1, -0.05) is 23.7 Å². The van der Waals surface area contributed by atoms with E-state index in [0.717, 1.165) is 18.9 Å². The minimum absolute atomic E-state index is 0.0772. The quantitative estimate of drug-likeness (QED) is 0.644. The number of carbonyl (C=O) groups is 2. The van der Waals surface area contributed by atoms with Crippen LogP contribution in [0, 0.1) is 5.92 Å². The molecule has 6 heteroatoms. The lowest BCUT2D eigenvalue weighted by molar-refractivity contribution is -0.121. The Morgan fingerprint density at radius 3 is 2.70 bits per heavy atom. The van der Waals surface area contributed by atoms with Crippen molar-refractivity contribution >= 4 is 23.4 Å². The van der Waals surface area contributed by atoms with E-state index in [1.165, 1.54) is 12.8 Å². The summed E-state index contributed by atoms with van der Waals surface area (Å²) in [6.45, 7) is 2.41. The van der Waals surface area contributed by atoms with E-state index < -0.39 is 0 Å². The van der Waals surface area contributed by atoms with Crippen LogP contribution < -0.4 is 10.6 Å². The van der Waals surface area contributed by atoms with Crippen molar-refractivity contribution in [2.75, 3.05) is 26.3 Å². The van der Waals surface area contributed by atoms with Crippen LogP contribution in [0.1, 0.15) is 36.0 Å². The van der Waals surface area contributed by atoms with Crippen LogP contribution in [0.4, 0.5) is 0 Å². The summed E-state index contributed by atoms with van der Waals surface area (Å²) in [6.07, 6.45) is 3.64. The van der Waals surface area contributed by atoms with Gasteiger partial charge in [-0.2, -0.15) is 0 Å². The molecule has 0 heterocycles. The van der Waals surface area contributed by atoms with Crippen LogP contribution in [0.25, 0.3) is 0 Å². The van der Waals surface area contributed by atoms with Crippen molar-refractivity contribution in [3.05, 3.63) is 34.9 Å². The van der Waals surface area contributed by atoms with E-state index in [1.807, 2.05) is 0 Å². The second-order valence-electron chi connectivity index (χ2n) is 5.71. The molecule has 0 saturated heterocycles. The minimum Gasteiger partial charge on any atom is -0.381 e. The van der Waals surface area contributed by atoms with Crippen LogP contribution in [0.5, 0.6) is 0 Å². The largest absolute Gasteiger partial charge is 0.381 e. The molecule has 126 valence electrons. The van der Waals surface area contributed by atoms with Crippen molar-refractivity contribution in [1.29, 1.82) is 0 Å².